The van der Waals surface area contributed by atoms with Crippen molar-refractivity contribution in [2.75, 3.05) is 0 Å². The Balaban J connectivity index is 2.24. The van der Waals surface area contributed by atoms with Gasteiger partial charge < -0.3 is 5.11 Å². The van der Waals surface area contributed by atoms with E-state index in [2.05, 4.69) is 15.9 Å². The van der Waals surface area contributed by atoms with Crippen LogP contribution in [0.5, 0.6) is 0 Å². The van der Waals surface area contributed by atoms with Crippen LogP contribution in [0.25, 0.3) is 6.08 Å². The second kappa shape index (κ2) is 6.34. The van der Waals surface area contributed by atoms with E-state index < -0.39 is 5.97 Å². The van der Waals surface area contributed by atoms with Crippen molar-refractivity contribution in [2.45, 2.75) is 6.42 Å². The van der Waals surface area contributed by atoms with Crippen LogP contribution in [0.4, 0.5) is 0 Å². The summed E-state index contributed by atoms with van der Waals surface area (Å²) in [6.07, 6.45) is 2.13. The van der Waals surface area contributed by atoms with Gasteiger partial charge >= 0.3 is 5.97 Å². The number of halogens is 1. The fourth-order valence-electron chi connectivity index (χ4n) is 1.76. The lowest BCUT2D eigenvalue weighted by Gasteiger charge is -2.04. The van der Waals surface area contributed by atoms with Gasteiger partial charge in [-0.1, -0.05) is 58.4 Å². The average Bonchev–Trinajstić information content (AvgIpc) is 2.41. The predicted octanol–water partition coefficient (Wildman–Crippen LogP) is 4.16. The van der Waals surface area contributed by atoms with Gasteiger partial charge in [-0.15, -0.1) is 0 Å². The van der Waals surface area contributed by atoms with Crippen LogP contribution in [0.3, 0.4) is 0 Å². The highest BCUT2D eigenvalue weighted by atomic mass is 79.9. The summed E-state index contributed by atoms with van der Waals surface area (Å²) in [6, 6.07) is 17.2. The maximum Gasteiger partial charge on any atom is 0.331 e. The van der Waals surface area contributed by atoms with Crippen molar-refractivity contribution in [1.29, 1.82) is 0 Å². The van der Waals surface area contributed by atoms with E-state index in [-0.39, 0.29) is 0 Å². The largest absolute Gasteiger partial charge is 0.478 e. The molecule has 0 saturated heterocycles. The zero-order chi connectivity index (χ0) is 13.7. The van der Waals surface area contributed by atoms with Gasteiger partial charge in [0.15, 0.2) is 0 Å². The number of aliphatic carboxylic acids is 1. The molecule has 2 aromatic rings. The molecule has 1 N–H and O–H groups in total. The molecule has 96 valence electrons. The van der Waals surface area contributed by atoms with Gasteiger partial charge in [0.2, 0.25) is 0 Å². The van der Waals surface area contributed by atoms with Crippen LogP contribution in [0.2, 0.25) is 0 Å². The lowest BCUT2D eigenvalue weighted by Crippen LogP contribution is -2.03. The van der Waals surface area contributed by atoms with Crippen LogP contribution in [0.15, 0.2) is 64.6 Å². The Kier molecular flexibility index (Phi) is 4.53. The molecule has 0 aliphatic rings. The smallest absolute Gasteiger partial charge is 0.331 e. The summed E-state index contributed by atoms with van der Waals surface area (Å²) in [6.45, 7) is 0. The standard InChI is InChI=1S/C16H13BrO2/c17-15-8-6-13(7-9-15)11-14(16(18)19)10-12-4-2-1-3-5-12/h1-10H,11H2,(H,18,19). The number of carboxylic acid groups (broad SMARTS) is 1. The predicted molar refractivity (Wildman–Crippen MR) is 79.9 cm³/mol. The Labute approximate surface area is 120 Å². The maximum atomic E-state index is 11.3. The molecular formula is C16H13BrO2. The third-order valence-corrected chi connectivity index (χ3v) is 3.25. The Morgan fingerprint density at radius 1 is 1.05 bits per heavy atom. The zero-order valence-electron chi connectivity index (χ0n) is 10.2. The Bertz CT molecular complexity index is 586. The van der Waals surface area contributed by atoms with E-state index >= 15 is 0 Å². The molecule has 0 bridgehead atoms. The normalized spacial score (nSPS) is 11.3. The molecular weight excluding hydrogens is 304 g/mol. The lowest BCUT2D eigenvalue weighted by molar-refractivity contribution is -0.132. The molecule has 0 atom stereocenters. The monoisotopic (exact) mass is 316 g/mol. The summed E-state index contributed by atoms with van der Waals surface area (Å²) in [4.78, 5) is 11.3. The van der Waals surface area contributed by atoms with Crippen molar-refractivity contribution in [3.8, 4) is 0 Å². The highest BCUT2D eigenvalue weighted by molar-refractivity contribution is 9.10. The van der Waals surface area contributed by atoms with Crippen molar-refractivity contribution < 1.29 is 9.90 Å². The Morgan fingerprint density at radius 2 is 1.68 bits per heavy atom. The van der Waals surface area contributed by atoms with Gasteiger partial charge in [0.1, 0.15) is 0 Å². The van der Waals surface area contributed by atoms with Crippen LogP contribution < -0.4 is 0 Å². The van der Waals surface area contributed by atoms with Crippen molar-refractivity contribution in [3.63, 3.8) is 0 Å². The lowest BCUT2D eigenvalue weighted by atomic mass is 10.0. The van der Waals surface area contributed by atoms with Gasteiger partial charge in [0.05, 0.1) is 0 Å². The van der Waals surface area contributed by atoms with Gasteiger partial charge in [-0.3, -0.25) is 0 Å². The molecule has 0 heterocycles. The van der Waals surface area contributed by atoms with E-state index in [1.165, 1.54) is 0 Å². The minimum atomic E-state index is -0.883. The second-order valence-electron chi connectivity index (χ2n) is 4.19. The number of benzene rings is 2. The fourth-order valence-corrected chi connectivity index (χ4v) is 2.03. The number of hydrogen-bond donors (Lipinski definition) is 1. The number of carbonyl (C=O) groups is 1. The molecule has 0 spiro atoms. The Morgan fingerprint density at radius 3 is 2.26 bits per heavy atom. The summed E-state index contributed by atoms with van der Waals surface area (Å²) in [5.74, 6) is -0.883. The minimum absolute atomic E-state index is 0.383. The van der Waals surface area contributed by atoms with Crippen molar-refractivity contribution >= 4 is 28.0 Å². The van der Waals surface area contributed by atoms with Gasteiger partial charge in [0, 0.05) is 16.5 Å². The summed E-state index contributed by atoms with van der Waals surface area (Å²) >= 11 is 3.36. The number of rotatable bonds is 4. The molecule has 3 heteroatoms. The zero-order valence-corrected chi connectivity index (χ0v) is 11.8. The van der Waals surface area contributed by atoms with Crippen molar-refractivity contribution in [3.05, 3.63) is 75.8 Å². The molecule has 2 nitrogen and oxygen atoms in total. The number of carboxylic acids is 1. The first kappa shape index (κ1) is 13.6. The Hall–Kier alpha value is -1.87. The van der Waals surface area contributed by atoms with Crippen molar-refractivity contribution in [2.24, 2.45) is 0 Å². The third-order valence-electron chi connectivity index (χ3n) is 2.72. The average molecular weight is 317 g/mol. The van der Waals surface area contributed by atoms with E-state index in [4.69, 9.17) is 0 Å². The van der Waals surface area contributed by atoms with Crippen LogP contribution in [-0.2, 0) is 11.2 Å². The van der Waals surface area contributed by atoms with Crippen molar-refractivity contribution in [1.82, 2.24) is 0 Å². The van der Waals surface area contributed by atoms with Crippen LogP contribution in [0.1, 0.15) is 11.1 Å². The topological polar surface area (TPSA) is 37.3 Å². The van der Waals surface area contributed by atoms with Gasteiger partial charge in [-0.2, -0.15) is 0 Å². The number of hydrogen-bond acceptors (Lipinski definition) is 1. The van der Waals surface area contributed by atoms with Crippen LogP contribution in [-0.4, -0.2) is 11.1 Å². The molecule has 0 amide bonds. The highest BCUT2D eigenvalue weighted by Crippen LogP contribution is 2.16. The molecule has 0 saturated carbocycles. The third kappa shape index (κ3) is 4.07. The molecule has 2 aromatic carbocycles. The molecule has 0 aliphatic carbocycles. The maximum absolute atomic E-state index is 11.3. The fraction of sp³-hybridized carbons (Fsp3) is 0.0625. The molecule has 2 rings (SSSR count). The van der Waals surface area contributed by atoms with E-state index in [1.54, 1.807) is 6.08 Å². The molecule has 19 heavy (non-hydrogen) atoms. The quantitative estimate of drug-likeness (QED) is 0.860. The van der Waals surface area contributed by atoms with Crippen LogP contribution >= 0.6 is 15.9 Å². The molecule has 0 unspecified atom stereocenters. The van der Waals surface area contributed by atoms with E-state index in [0.29, 0.717) is 12.0 Å². The van der Waals surface area contributed by atoms with Gasteiger partial charge in [0.25, 0.3) is 0 Å². The minimum Gasteiger partial charge on any atom is -0.478 e. The summed E-state index contributed by atoms with van der Waals surface area (Å²) in [5, 5.41) is 9.27. The summed E-state index contributed by atoms with van der Waals surface area (Å²) in [7, 11) is 0. The first-order chi connectivity index (χ1) is 9.15. The molecule has 0 fully saturated rings. The highest BCUT2D eigenvalue weighted by Gasteiger charge is 2.08. The van der Waals surface area contributed by atoms with Gasteiger partial charge in [-0.05, 0) is 29.3 Å². The molecule has 0 aromatic heterocycles. The summed E-state index contributed by atoms with van der Waals surface area (Å²) in [5.41, 5.74) is 2.26. The van der Waals surface area contributed by atoms with E-state index in [9.17, 15) is 9.90 Å². The summed E-state index contributed by atoms with van der Waals surface area (Å²) < 4.78 is 0.986. The first-order valence-electron chi connectivity index (χ1n) is 5.88. The first-order valence-corrected chi connectivity index (χ1v) is 6.68. The van der Waals surface area contributed by atoms with Gasteiger partial charge in [-0.25, -0.2) is 4.79 Å². The van der Waals surface area contributed by atoms with Crippen LogP contribution in [0, 0.1) is 0 Å². The SMILES string of the molecule is O=C(O)C(=Cc1ccccc1)Cc1ccc(Br)cc1. The molecule has 0 radical (unpaired) electrons. The second-order valence-corrected chi connectivity index (χ2v) is 5.10. The van der Waals surface area contributed by atoms with E-state index in [0.717, 1.165) is 15.6 Å². The molecule has 0 aliphatic heterocycles. The van der Waals surface area contributed by atoms with E-state index in [1.807, 2.05) is 54.6 Å².